The summed E-state index contributed by atoms with van der Waals surface area (Å²) in [4.78, 5) is 0. The molecule has 0 spiro atoms. The Morgan fingerprint density at radius 2 is 0.633 bits per heavy atom. The van der Waals surface area contributed by atoms with E-state index in [1.165, 1.54) is 187 Å². The third-order valence-corrected chi connectivity index (χ3v) is 11.7. The summed E-state index contributed by atoms with van der Waals surface area (Å²) in [5, 5.41) is 0. The smallest absolute Gasteiger partial charge is 0.0949 e. The van der Waals surface area contributed by atoms with Gasteiger partial charge in [0.25, 0.3) is 0 Å². The summed E-state index contributed by atoms with van der Waals surface area (Å²) in [7, 11) is 0. The van der Waals surface area contributed by atoms with Crippen LogP contribution in [-0.2, 0) is 15.9 Å². The Labute approximate surface area is 306 Å². The summed E-state index contributed by atoms with van der Waals surface area (Å²) in [6.45, 7) is 13.9. The fourth-order valence-electron chi connectivity index (χ4n) is 8.78. The summed E-state index contributed by atoms with van der Waals surface area (Å²) in [6.07, 6.45) is 36.7. The van der Waals surface area contributed by atoms with Crippen LogP contribution in [0.15, 0.2) is 36.4 Å². The minimum atomic E-state index is -0.228. The van der Waals surface area contributed by atoms with Crippen molar-refractivity contribution < 1.29 is 4.74 Å². The first kappa shape index (κ1) is 41.8. The molecular weight excluding hydrogens is 593 g/mol. The van der Waals surface area contributed by atoms with Crippen LogP contribution in [-0.4, -0.2) is 0 Å². The maximum atomic E-state index is 8.26. The fraction of sp³-hybridized carbons (Fsp3) is 0.750. The molecule has 0 radical (unpaired) electrons. The van der Waals surface area contributed by atoms with Crippen LogP contribution >= 0.6 is 0 Å². The maximum Gasteiger partial charge on any atom is 0.0949 e. The van der Waals surface area contributed by atoms with Crippen LogP contribution in [0.5, 0.6) is 0 Å². The summed E-state index contributed by atoms with van der Waals surface area (Å²) in [5.74, 6) is 0. The van der Waals surface area contributed by atoms with E-state index < -0.39 is 0 Å². The van der Waals surface area contributed by atoms with E-state index in [0.717, 1.165) is 25.7 Å². The van der Waals surface area contributed by atoms with Crippen molar-refractivity contribution in [2.75, 3.05) is 0 Å². The highest BCUT2D eigenvalue weighted by molar-refractivity contribution is 5.74. The number of benzene rings is 2. The maximum absolute atomic E-state index is 8.26. The molecule has 0 aromatic heterocycles. The molecule has 0 amide bonds. The number of unbranched alkanes of at least 4 members (excludes halogenated alkanes) is 20. The lowest BCUT2D eigenvalue weighted by Crippen LogP contribution is -2.41. The van der Waals surface area contributed by atoms with Gasteiger partial charge in [0.05, 0.1) is 11.2 Å². The van der Waals surface area contributed by atoms with E-state index in [4.69, 9.17) is 4.74 Å². The molecule has 1 heterocycles. The number of hydrogen-bond donors (Lipinski definition) is 0. The zero-order valence-corrected chi connectivity index (χ0v) is 33.7. The van der Waals surface area contributed by atoms with Gasteiger partial charge in [0.2, 0.25) is 0 Å². The second kappa shape index (κ2) is 23.8. The van der Waals surface area contributed by atoms with Gasteiger partial charge in [-0.1, -0.05) is 229 Å². The van der Waals surface area contributed by atoms with Crippen LogP contribution in [0.25, 0.3) is 11.1 Å². The highest BCUT2D eigenvalue weighted by Gasteiger charge is 2.47. The van der Waals surface area contributed by atoms with Crippen molar-refractivity contribution in [2.24, 2.45) is 0 Å². The zero-order valence-electron chi connectivity index (χ0n) is 33.7. The largest absolute Gasteiger partial charge is 0.359 e. The standard InChI is InChI=1S/C48H80O/c1-7-11-15-19-23-27-35-47(36-28-24-20-16-12-8-2)45-39-41(5)31-33-43(45)44-34-32-42(6)40-46(44)48(49-47,37-29-25-21-17-13-9-3)38-30-26-22-18-14-10-4/h31-34,39-40H,7-30,35-38H2,1-6H3. The Kier molecular flexibility index (Phi) is 20.3. The molecule has 0 fully saturated rings. The van der Waals surface area contributed by atoms with Crippen LogP contribution in [0.4, 0.5) is 0 Å². The zero-order chi connectivity index (χ0) is 35.2. The summed E-state index contributed by atoms with van der Waals surface area (Å²) in [5.41, 5.74) is 8.24. The predicted molar refractivity (Wildman–Crippen MR) is 218 cm³/mol. The van der Waals surface area contributed by atoms with E-state index in [9.17, 15) is 0 Å². The van der Waals surface area contributed by atoms with E-state index in [-0.39, 0.29) is 11.2 Å². The van der Waals surface area contributed by atoms with Gasteiger partial charge in [-0.3, -0.25) is 0 Å². The van der Waals surface area contributed by atoms with Gasteiger partial charge in [-0.15, -0.1) is 0 Å². The first-order valence-corrected chi connectivity index (χ1v) is 21.9. The highest BCUT2D eigenvalue weighted by atomic mass is 16.5. The molecule has 0 saturated heterocycles. The minimum absolute atomic E-state index is 0.228. The topological polar surface area (TPSA) is 9.23 Å². The van der Waals surface area contributed by atoms with Gasteiger partial charge in [-0.25, -0.2) is 0 Å². The average molecular weight is 673 g/mol. The normalized spacial score (nSPS) is 14.8. The summed E-state index contributed by atoms with van der Waals surface area (Å²) < 4.78 is 8.26. The van der Waals surface area contributed by atoms with Crippen molar-refractivity contribution in [2.45, 2.75) is 233 Å². The quantitative estimate of drug-likeness (QED) is 0.0818. The third kappa shape index (κ3) is 13.5. The predicted octanol–water partition coefficient (Wildman–Crippen LogP) is 16.4. The number of hydrogen-bond acceptors (Lipinski definition) is 1. The Morgan fingerprint density at radius 1 is 0.367 bits per heavy atom. The minimum Gasteiger partial charge on any atom is -0.359 e. The summed E-state index contributed by atoms with van der Waals surface area (Å²) >= 11 is 0. The van der Waals surface area contributed by atoms with E-state index >= 15 is 0 Å². The van der Waals surface area contributed by atoms with Gasteiger partial charge in [-0.05, 0) is 61.8 Å². The lowest BCUT2D eigenvalue weighted by Gasteiger charge is -2.45. The molecule has 0 saturated carbocycles. The van der Waals surface area contributed by atoms with Gasteiger partial charge < -0.3 is 4.74 Å². The Hall–Kier alpha value is -1.60. The molecule has 49 heavy (non-hydrogen) atoms. The Bertz CT molecular complexity index is 1020. The number of ether oxygens (including phenoxy) is 1. The molecule has 1 aliphatic heterocycles. The summed E-state index contributed by atoms with van der Waals surface area (Å²) in [6, 6.07) is 14.8. The molecule has 2 aromatic rings. The fourth-order valence-corrected chi connectivity index (χ4v) is 8.78. The second-order valence-corrected chi connectivity index (χ2v) is 16.3. The van der Waals surface area contributed by atoms with Gasteiger partial charge in [0, 0.05) is 0 Å². The lowest BCUT2D eigenvalue weighted by atomic mass is 9.78. The third-order valence-electron chi connectivity index (χ3n) is 11.7. The molecule has 3 rings (SSSR count). The van der Waals surface area contributed by atoms with Crippen molar-refractivity contribution in [3.05, 3.63) is 58.7 Å². The van der Waals surface area contributed by atoms with Gasteiger partial charge >= 0.3 is 0 Å². The molecular formula is C48H80O. The van der Waals surface area contributed by atoms with Gasteiger partial charge in [0.15, 0.2) is 0 Å². The van der Waals surface area contributed by atoms with E-state index in [1.54, 1.807) is 0 Å². The first-order chi connectivity index (χ1) is 23.9. The van der Waals surface area contributed by atoms with Crippen molar-refractivity contribution in [1.29, 1.82) is 0 Å². The molecule has 278 valence electrons. The van der Waals surface area contributed by atoms with Crippen molar-refractivity contribution in [3.8, 4) is 11.1 Å². The first-order valence-electron chi connectivity index (χ1n) is 21.9. The number of aryl methyl sites for hydroxylation is 2. The second-order valence-electron chi connectivity index (χ2n) is 16.3. The molecule has 0 unspecified atom stereocenters. The Balaban J connectivity index is 2.10. The van der Waals surface area contributed by atoms with Crippen molar-refractivity contribution in [1.82, 2.24) is 0 Å². The molecule has 1 nitrogen and oxygen atoms in total. The molecule has 0 aliphatic carbocycles. The van der Waals surface area contributed by atoms with Crippen LogP contribution in [0, 0.1) is 13.8 Å². The molecule has 0 bridgehead atoms. The highest BCUT2D eigenvalue weighted by Crippen LogP contribution is 2.55. The molecule has 1 heteroatoms. The average Bonchev–Trinajstić information content (AvgIpc) is 3.19. The number of fused-ring (bicyclic) bond motifs is 3. The number of rotatable bonds is 28. The SMILES string of the molecule is CCCCCCCCC1(CCCCCCCC)OC(CCCCCCCC)(CCCCCCCC)c2cc(C)ccc2-c2ccc(C)cc21. The van der Waals surface area contributed by atoms with Crippen molar-refractivity contribution >= 4 is 0 Å². The molecule has 0 atom stereocenters. The van der Waals surface area contributed by atoms with Gasteiger partial charge in [-0.2, -0.15) is 0 Å². The van der Waals surface area contributed by atoms with E-state index in [1.807, 2.05) is 0 Å². The molecule has 0 N–H and O–H groups in total. The van der Waals surface area contributed by atoms with Crippen LogP contribution < -0.4 is 0 Å². The van der Waals surface area contributed by atoms with Gasteiger partial charge in [0.1, 0.15) is 0 Å². The Morgan fingerprint density at radius 3 is 0.918 bits per heavy atom. The van der Waals surface area contributed by atoms with Crippen molar-refractivity contribution in [3.63, 3.8) is 0 Å². The van der Waals surface area contributed by atoms with Crippen LogP contribution in [0.1, 0.15) is 230 Å². The van der Waals surface area contributed by atoms with E-state index in [2.05, 4.69) is 77.9 Å². The molecule has 2 aromatic carbocycles. The molecule has 1 aliphatic rings. The van der Waals surface area contributed by atoms with Crippen LogP contribution in [0.3, 0.4) is 0 Å². The van der Waals surface area contributed by atoms with Crippen LogP contribution in [0.2, 0.25) is 0 Å². The lowest BCUT2D eigenvalue weighted by molar-refractivity contribution is -0.185. The monoisotopic (exact) mass is 673 g/mol. The van der Waals surface area contributed by atoms with E-state index in [0.29, 0.717) is 0 Å².